The van der Waals surface area contributed by atoms with E-state index in [4.69, 9.17) is 4.74 Å². The van der Waals surface area contributed by atoms with Gasteiger partial charge in [-0.05, 0) is 29.5 Å². The van der Waals surface area contributed by atoms with Gasteiger partial charge in [-0.15, -0.1) is 11.3 Å². The van der Waals surface area contributed by atoms with Gasteiger partial charge in [0.2, 0.25) is 0 Å². The van der Waals surface area contributed by atoms with Gasteiger partial charge < -0.3 is 9.47 Å². The van der Waals surface area contributed by atoms with Gasteiger partial charge in [-0.2, -0.15) is 0 Å². The number of benzene rings is 1. The number of hydrogen-bond donors (Lipinski definition) is 0. The maximum absolute atomic E-state index is 14.1. The Morgan fingerprint density at radius 3 is 2.78 bits per heavy atom. The Labute approximate surface area is 108 Å². The first-order valence-corrected chi connectivity index (χ1v) is 6.26. The molecule has 0 bridgehead atoms. The maximum atomic E-state index is 14.1. The van der Waals surface area contributed by atoms with Crippen molar-refractivity contribution < 1.29 is 18.7 Å². The lowest BCUT2D eigenvalue weighted by molar-refractivity contribution is -0.139. The highest BCUT2D eigenvalue weighted by Crippen LogP contribution is 2.36. The zero-order chi connectivity index (χ0) is 13.3. The van der Waals surface area contributed by atoms with Gasteiger partial charge in [0.15, 0.2) is 11.6 Å². The summed E-state index contributed by atoms with van der Waals surface area (Å²) in [7, 11) is 2.78. The van der Waals surface area contributed by atoms with Crippen LogP contribution in [0.25, 0.3) is 10.1 Å². The number of carbonyl (C=O) groups is 1. The largest absolute Gasteiger partial charge is 0.494 e. The molecule has 0 aliphatic rings. The van der Waals surface area contributed by atoms with Crippen molar-refractivity contribution in [2.45, 2.75) is 13.3 Å². The molecule has 18 heavy (non-hydrogen) atoms. The molecule has 0 N–H and O–H groups in total. The summed E-state index contributed by atoms with van der Waals surface area (Å²) in [4.78, 5) is 11.3. The first-order chi connectivity index (χ1) is 8.58. The quantitative estimate of drug-likeness (QED) is 0.802. The predicted molar refractivity (Wildman–Crippen MR) is 68.8 cm³/mol. The van der Waals surface area contributed by atoms with Crippen molar-refractivity contribution in [3.05, 3.63) is 28.4 Å². The first-order valence-electron chi connectivity index (χ1n) is 5.38. The predicted octanol–water partition coefficient (Wildman–Crippen LogP) is 3.07. The molecule has 2 rings (SSSR count). The molecule has 0 radical (unpaired) electrons. The molecule has 0 fully saturated rings. The summed E-state index contributed by atoms with van der Waals surface area (Å²) in [5.74, 6) is -0.476. The van der Waals surface area contributed by atoms with E-state index >= 15 is 0 Å². The molecule has 0 atom stereocenters. The van der Waals surface area contributed by atoms with Crippen molar-refractivity contribution in [2.75, 3.05) is 14.2 Å². The average Bonchev–Trinajstić information content (AvgIpc) is 2.78. The van der Waals surface area contributed by atoms with Crippen LogP contribution < -0.4 is 4.74 Å². The van der Waals surface area contributed by atoms with Crippen LogP contribution >= 0.6 is 11.3 Å². The number of rotatable bonds is 3. The van der Waals surface area contributed by atoms with Crippen LogP contribution in [0.1, 0.15) is 11.1 Å². The SMILES string of the molecule is COC(=O)Cc1csc2c(F)c(OC)cc(C)c12. The molecule has 0 unspecified atom stereocenters. The molecule has 0 amide bonds. The second-order valence-electron chi connectivity index (χ2n) is 3.93. The number of carbonyl (C=O) groups excluding carboxylic acids is 1. The zero-order valence-corrected chi connectivity index (χ0v) is 11.2. The minimum absolute atomic E-state index is 0.156. The van der Waals surface area contributed by atoms with Crippen LogP contribution in [-0.4, -0.2) is 20.2 Å². The van der Waals surface area contributed by atoms with Gasteiger partial charge in [-0.1, -0.05) is 0 Å². The summed E-state index contributed by atoms with van der Waals surface area (Å²) >= 11 is 1.27. The molecule has 1 aromatic carbocycles. The third-order valence-corrected chi connectivity index (χ3v) is 3.83. The number of thiophene rings is 1. The highest BCUT2D eigenvalue weighted by Gasteiger charge is 2.17. The number of halogens is 1. The molecular weight excluding hydrogens is 255 g/mol. The summed E-state index contributed by atoms with van der Waals surface area (Å²) in [5.41, 5.74) is 1.68. The lowest BCUT2D eigenvalue weighted by atomic mass is 10.0. The van der Waals surface area contributed by atoms with E-state index in [0.29, 0.717) is 4.70 Å². The van der Waals surface area contributed by atoms with Gasteiger partial charge in [0.05, 0.1) is 25.3 Å². The van der Waals surface area contributed by atoms with E-state index < -0.39 is 0 Å². The van der Waals surface area contributed by atoms with Crippen molar-refractivity contribution in [1.82, 2.24) is 0 Å². The van der Waals surface area contributed by atoms with E-state index in [-0.39, 0.29) is 24.0 Å². The summed E-state index contributed by atoms with van der Waals surface area (Å²) in [5, 5.41) is 2.57. The minimum atomic E-state index is -0.376. The van der Waals surface area contributed by atoms with Crippen molar-refractivity contribution >= 4 is 27.4 Å². The molecule has 1 aromatic heterocycles. The topological polar surface area (TPSA) is 35.5 Å². The number of aryl methyl sites for hydroxylation is 1. The Morgan fingerprint density at radius 2 is 2.17 bits per heavy atom. The van der Waals surface area contributed by atoms with Crippen LogP contribution in [0, 0.1) is 12.7 Å². The van der Waals surface area contributed by atoms with Crippen LogP contribution in [-0.2, 0) is 16.0 Å². The Hall–Kier alpha value is -1.62. The van der Waals surface area contributed by atoms with Gasteiger partial charge in [-0.3, -0.25) is 4.79 Å². The standard InChI is InChI=1S/C13H13FO3S/c1-7-4-9(16-2)12(14)13-11(7)8(6-18-13)5-10(15)17-3/h4,6H,5H2,1-3H3. The Bertz CT molecular complexity index is 604. The molecule has 0 aliphatic heterocycles. The Balaban J connectivity index is 2.59. The molecule has 96 valence electrons. The lowest BCUT2D eigenvalue weighted by Gasteiger charge is -2.06. The second-order valence-corrected chi connectivity index (χ2v) is 4.81. The van der Waals surface area contributed by atoms with Crippen LogP contribution in [0.15, 0.2) is 11.4 Å². The van der Waals surface area contributed by atoms with E-state index in [2.05, 4.69) is 4.74 Å². The maximum Gasteiger partial charge on any atom is 0.310 e. The second kappa shape index (κ2) is 4.94. The number of hydrogen-bond acceptors (Lipinski definition) is 4. The number of fused-ring (bicyclic) bond motifs is 1. The summed E-state index contributed by atoms with van der Waals surface area (Å²) in [6.07, 6.45) is 0.156. The van der Waals surface area contributed by atoms with E-state index in [9.17, 15) is 9.18 Å². The summed E-state index contributed by atoms with van der Waals surface area (Å²) < 4.78 is 24.2. The fourth-order valence-electron chi connectivity index (χ4n) is 1.94. The van der Waals surface area contributed by atoms with Crippen LogP contribution in [0.3, 0.4) is 0 Å². The Kier molecular flexibility index (Phi) is 3.52. The zero-order valence-electron chi connectivity index (χ0n) is 10.4. The summed E-state index contributed by atoms with van der Waals surface area (Å²) in [6.45, 7) is 1.87. The van der Waals surface area contributed by atoms with E-state index in [1.54, 1.807) is 11.4 Å². The third-order valence-electron chi connectivity index (χ3n) is 2.81. The van der Waals surface area contributed by atoms with Crippen molar-refractivity contribution in [3.8, 4) is 5.75 Å². The molecule has 1 heterocycles. The van der Waals surface area contributed by atoms with Crippen molar-refractivity contribution in [1.29, 1.82) is 0 Å². The molecule has 2 aromatic rings. The third kappa shape index (κ3) is 2.06. The number of ether oxygens (including phenoxy) is 2. The fourth-order valence-corrected chi connectivity index (χ4v) is 3.01. The molecule has 0 saturated heterocycles. The smallest absolute Gasteiger partial charge is 0.310 e. The molecule has 3 nitrogen and oxygen atoms in total. The lowest BCUT2D eigenvalue weighted by Crippen LogP contribution is -2.04. The van der Waals surface area contributed by atoms with Gasteiger partial charge in [-0.25, -0.2) is 4.39 Å². The van der Waals surface area contributed by atoms with Crippen LogP contribution in [0.5, 0.6) is 5.75 Å². The average molecular weight is 268 g/mol. The minimum Gasteiger partial charge on any atom is -0.494 e. The Morgan fingerprint density at radius 1 is 1.44 bits per heavy atom. The highest BCUT2D eigenvalue weighted by atomic mass is 32.1. The molecule has 0 spiro atoms. The van der Waals surface area contributed by atoms with Gasteiger partial charge in [0.1, 0.15) is 0 Å². The van der Waals surface area contributed by atoms with Crippen LogP contribution in [0.4, 0.5) is 4.39 Å². The van der Waals surface area contributed by atoms with Gasteiger partial charge in [0, 0.05) is 5.39 Å². The molecule has 0 saturated carbocycles. The highest BCUT2D eigenvalue weighted by molar-refractivity contribution is 7.17. The van der Waals surface area contributed by atoms with E-state index in [0.717, 1.165) is 16.5 Å². The monoisotopic (exact) mass is 268 g/mol. The van der Waals surface area contributed by atoms with E-state index in [1.165, 1.54) is 25.6 Å². The molecule has 0 aliphatic carbocycles. The van der Waals surface area contributed by atoms with E-state index in [1.807, 2.05) is 6.92 Å². The normalized spacial score (nSPS) is 10.7. The molecule has 5 heteroatoms. The fraction of sp³-hybridized carbons (Fsp3) is 0.308. The van der Waals surface area contributed by atoms with Crippen LogP contribution in [0.2, 0.25) is 0 Å². The van der Waals surface area contributed by atoms with Crippen molar-refractivity contribution in [2.24, 2.45) is 0 Å². The van der Waals surface area contributed by atoms with Crippen molar-refractivity contribution in [3.63, 3.8) is 0 Å². The van der Waals surface area contributed by atoms with Gasteiger partial charge in [0.25, 0.3) is 0 Å². The summed E-state index contributed by atoms with van der Waals surface area (Å²) in [6, 6.07) is 1.64. The first kappa shape index (κ1) is 12.8. The number of methoxy groups -OCH3 is 2. The van der Waals surface area contributed by atoms with Gasteiger partial charge >= 0.3 is 5.97 Å². The molecular formula is C13H13FO3S. The number of esters is 1.